The van der Waals surface area contributed by atoms with Gasteiger partial charge >= 0.3 is 0 Å². The summed E-state index contributed by atoms with van der Waals surface area (Å²) >= 11 is 0. The minimum absolute atomic E-state index is 0.0149. The van der Waals surface area contributed by atoms with Gasteiger partial charge in [-0.05, 0) is 30.6 Å². The zero-order valence-electron chi connectivity index (χ0n) is 14.5. The van der Waals surface area contributed by atoms with Crippen LogP contribution in [0.2, 0.25) is 0 Å². The molecule has 122 valence electrons. The molecule has 2 rings (SSSR count). The molecule has 0 bridgehead atoms. The van der Waals surface area contributed by atoms with Crippen LogP contribution in [0.1, 0.15) is 38.1 Å². The number of Topliss-reactive ketones (excluding diaryl/α,β-unsaturated/α-hetero) is 1. The topological polar surface area (TPSA) is 50.1 Å². The molecule has 0 amide bonds. The Kier molecular flexibility index (Phi) is 5.21. The molecular formula is C21H21NO2. The zero-order valence-corrected chi connectivity index (χ0v) is 14.5. The first-order valence-electron chi connectivity index (χ1n) is 7.81. The van der Waals surface area contributed by atoms with Crippen molar-refractivity contribution in [3.63, 3.8) is 0 Å². The van der Waals surface area contributed by atoms with E-state index in [1.165, 1.54) is 0 Å². The molecule has 0 atom stereocenters. The molecule has 3 heteroatoms. The fourth-order valence-electron chi connectivity index (χ4n) is 2.20. The maximum atomic E-state index is 12.6. The van der Waals surface area contributed by atoms with Crippen molar-refractivity contribution in [2.45, 2.75) is 27.7 Å². The Morgan fingerprint density at radius 3 is 2.42 bits per heavy atom. The Balaban J connectivity index is 2.45. The fraction of sp³-hybridized carbons (Fsp3) is 0.238. The molecule has 0 saturated carbocycles. The lowest BCUT2D eigenvalue weighted by Gasteiger charge is -2.16. The van der Waals surface area contributed by atoms with Crippen LogP contribution < -0.4 is 0 Å². The van der Waals surface area contributed by atoms with E-state index in [-0.39, 0.29) is 16.8 Å². The molecule has 3 nitrogen and oxygen atoms in total. The fourth-order valence-corrected chi connectivity index (χ4v) is 2.20. The van der Waals surface area contributed by atoms with Gasteiger partial charge in [0.25, 0.3) is 0 Å². The van der Waals surface area contributed by atoms with Crippen LogP contribution in [0.15, 0.2) is 77.3 Å². The molecule has 0 aromatic heterocycles. The summed E-state index contributed by atoms with van der Waals surface area (Å²) in [5.74, 6) is 0.984. The number of ether oxygens (including phenoxy) is 1. The van der Waals surface area contributed by atoms with Crippen molar-refractivity contribution >= 4 is 5.78 Å². The van der Waals surface area contributed by atoms with Gasteiger partial charge in [-0.2, -0.15) is 5.26 Å². The first kappa shape index (κ1) is 17.5. The first-order valence-corrected chi connectivity index (χ1v) is 7.81. The Morgan fingerprint density at radius 2 is 1.83 bits per heavy atom. The zero-order chi connectivity index (χ0) is 17.7. The number of ketones is 1. The van der Waals surface area contributed by atoms with Crippen LogP contribution in [0.5, 0.6) is 0 Å². The summed E-state index contributed by atoms with van der Waals surface area (Å²) in [6, 6.07) is 10.9. The molecular weight excluding hydrogens is 298 g/mol. The first-order chi connectivity index (χ1) is 11.3. The Bertz CT molecular complexity index is 794. The van der Waals surface area contributed by atoms with E-state index < -0.39 is 0 Å². The van der Waals surface area contributed by atoms with Crippen molar-refractivity contribution in [2.24, 2.45) is 5.41 Å². The lowest BCUT2D eigenvalue weighted by atomic mass is 9.95. The molecule has 24 heavy (non-hydrogen) atoms. The number of hydrogen-bond donors (Lipinski definition) is 0. The third kappa shape index (κ3) is 4.57. The van der Waals surface area contributed by atoms with Gasteiger partial charge in [0.2, 0.25) is 5.78 Å². The van der Waals surface area contributed by atoms with Gasteiger partial charge in [-0.25, -0.2) is 0 Å². The number of carbonyl (C=O) groups excluding carboxylic acids is 1. The summed E-state index contributed by atoms with van der Waals surface area (Å²) in [6.07, 6.45) is 7.35. The van der Waals surface area contributed by atoms with Crippen LogP contribution in [0.3, 0.4) is 0 Å². The van der Waals surface area contributed by atoms with E-state index in [9.17, 15) is 10.1 Å². The van der Waals surface area contributed by atoms with Gasteiger partial charge in [-0.1, -0.05) is 57.2 Å². The van der Waals surface area contributed by atoms with E-state index in [0.29, 0.717) is 22.7 Å². The van der Waals surface area contributed by atoms with Gasteiger partial charge in [0.1, 0.15) is 23.2 Å². The molecule has 0 fully saturated rings. The highest BCUT2D eigenvalue weighted by molar-refractivity contribution is 6.12. The van der Waals surface area contributed by atoms with E-state index in [0.717, 1.165) is 0 Å². The predicted molar refractivity (Wildman–Crippen MR) is 94.9 cm³/mol. The van der Waals surface area contributed by atoms with Crippen LogP contribution in [-0.4, -0.2) is 5.78 Å². The van der Waals surface area contributed by atoms with Crippen molar-refractivity contribution in [1.82, 2.24) is 0 Å². The van der Waals surface area contributed by atoms with E-state index in [2.05, 4.69) is 20.8 Å². The summed E-state index contributed by atoms with van der Waals surface area (Å²) < 4.78 is 5.67. The normalized spacial score (nSPS) is 16.8. The second-order valence-electron chi connectivity index (χ2n) is 6.74. The highest BCUT2D eigenvalue weighted by Gasteiger charge is 2.18. The van der Waals surface area contributed by atoms with Gasteiger partial charge in [0.05, 0.1) is 0 Å². The van der Waals surface area contributed by atoms with Gasteiger partial charge in [-0.15, -0.1) is 0 Å². The summed E-state index contributed by atoms with van der Waals surface area (Å²) in [4.78, 5) is 12.6. The van der Waals surface area contributed by atoms with E-state index in [1.807, 2.05) is 24.3 Å². The molecule has 1 aromatic rings. The van der Waals surface area contributed by atoms with Gasteiger partial charge in [0.15, 0.2) is 0 Å². The van der Waals surface area contributed by atoms with Crippen molar-refractivity contribution in [3.8, 4) is 6.07 Å². The van der Waals surface area contributed by atoms with Crippen molar-refractivity contribution in [1.29, 1.82) is 5.26 Å². The highest BCUT2D eigenvalue weighted by atomic mass is 16.5. The van der Waals surface area contributed by atoms with Crippen LogP contribution in [-0.2, 0) is 4.74 Å². The molecule has 0 unspecified atom stereocenters. The monoisotopic (exact) mass is 319 g/mol. The van der Waals surface area contributed by atoms with Gasteiger partial charge < -0.3 is 4.74 Å². The highest BCUT2D eigenvalue weighted by Crippen LogP contribution is 2.25. The quantitative estimate of drug-likeness (QED) is 0.442. The molecule has 1 heterocycles. The van der Waals surface area contributed by atoms with E-state index >= 15 is 0 Å². The number of nitriles is 1. The summed E-state index contributed by atoms with van der Waals surface area (Å²) in [5.41, 5.74) is 1.20. The second kappa shape index (κ2) is 7.14. The SMILES string of the molecule is CC1=C/C(=C(\C#N)C(=O)c2ccccc2)C=C(/C=C/C(C)(C)C)O1. The molecule has 0 aliphatic carbocycles. The van der Waals surface area contributed by atoms with Crippen LogP contribution in [0.4, 0.5) is 0 Å². The minimum atomic E-state index is -0.283. The van der Waals surface area contributed by atoms with E-state index in [1.54, 1.807) is 43.3 Å². The number of nitrogens with zero attached hydrogens (tertiary/aromatic N) is 1. The number of hydrogen-bond acceptors (Lipinski definition) is 3. The van der Waals surface area contributed by atoms with E-state index in [4.69, 9.17) is 4.74 Å². The number of carbonyl (C=O) groups is 1. The molecule has 0 radical (unpaired) electrons. The van der Waals surface area contributed by atoms with Crippen molar-refractivity contribution in [2.75, 3.05) is 0 Å². The lowest BCUT2D eigenvalue weighted by Crippen LogP contribution is -2.07. The predicted octanol–water partition coefficient (Wildman–Crippen LogP) is 5.11. The number of benzene rings is 1. The van der Waals surface area contributed by atoms with Crippen molar-refractivity contribution in [3.05, 3.63) is 82.9 Å². The third-order valence-electron chi connectivity index (χ3n) is 3.35. The lowest BCUT2D eigenvalue weighted by molar-refractivity contribution is 0.103. The third-order valence-corrected chi connectivity index (χ3v) is 3.35. The average Bonchev–Trinajstić information content (AvgIpc) is 2.53. The summed E-state index contributed by atoms with van der Waals surface area (Å²) in [5, 5.41) is 9.50. The number of allylic oxidation sites excluding steroid dienone is 7. The Morgan fingerprint density at radius 1 is 1.17 bits per heavy atom. The maximum Gasteiger partial charge on any atom is 0.204 e. The molecule has 1 aliphatic heterocycles. The number of rotatable bonds is 3. The Hall–Kier alpha value is -2.86. The van der Waals surface area contributed by atoms with Crippen LogP contribution >= 0.6 is 0 Å². The average molecular weight is 319 g/mol. The minimum Gasteiger partial charge on any atom is -0.462 e. The van der Waals surface area contributed by atoms with Crippen molar-refractivity contribution < 1.29 is 9.53 Å². The Labute approximate surface area is 143 Å². The molecule has 0 N–H and O–H groups in total. The second-order valence-corrected chi connectivity index (χ2v) is 6.74. The molecule has 1 aromatic carbocycles. The largest absolute Gasteiger partial charge is 0.462 e. The van der Waals surface area contributed by atoms with Gasteiger partial charge in [0, 0.05) is 11.1 Å². The standard InChI is InChI=1S/C21H21NO2/c1-15-12-17(13-18(24-15)10-11-21(2,3)4)19(14-22)20(23)16-8-6-5-7-9-16/h5-13H,1-4H3/b11-10+,19-17-. The van der Waals surface area contributed by atoms with Crippen LogP contribution in [0.25, 0.3) is 0 Å². The maximum absolute atomic E-state index is 12.6. The molecule has 0 spiro atoms. The summed E-state index contributed by atoms with van der Waals surface area (Å²) in [7, 11) is 0. The molecule has 1 aliphatic rings. The smallest absolute Gasteiger partial charge is 0.204 e. The summed E-state index contributed by atoms with van der Waals surface area (Å²) in [6.45, 7) is 8.07. The van der Waals surface area contributed by atoms with Gasteiger partial charge in [-0.3, -0.25) is 4.79 Å². The van der Waals surface area contributed by atoms with Crippen LogP contribution in [0, 0.1) is 16.7 Å². The molecule has 0 saturated heterocycles.